The molecule has 0 saturated heterocycles. The lowest BCUT2D eigenvalue weighted by Crippen LogP contribution is -2.37. The van der Waals surface area contributed by atoms with Gasteiger partial charge in [0.1, 0.15) is 17.6 Å². The number of carbonyl (C=O) groups excluding carboxylic acids is 1. The van der Waals surface area contributed by atoms with Gasteiger partial charge in [-0.2, -0.15) is 0 Å². The van der Waals surface area contributed by atoms with Crippen molar-refractivity contribution in [3.63, 3.8) is 0 Å². The Morgan fingerprint density at radius 3 is 2.90 bits per heavy atom. The maximum atomic E-state index is 11.8. The molecule has 0 saturated carbocycles. The highest BCUT2D eigenvalue weighted by Crippen LogP contribution is 2.31. The van der Waals surface area contributed by atoms with Crippen LogP contribution in [0.3, 0.4) is 0 Å². The van der Waals surface area contributed by atoms with Gasteiger partial charge in [0.2, 0.25) is 5.91 Å². The smallest absolute Gasteiger partial charge is 0.246 e. The summed E-state index contributed by atoms with van der Waals surface area (Å²) in [5.41, 5.74) is 0.602. The van der Waals surface area contributed by atoms with Crippen LogP contribution in [-0.2, 0) is 11.3 Å². The van der Waals surface area contributed by atoms with Gasteiger partial charge in [-0.05, 0) is 20.8 Å². The van der Waals surface area contributed by atoms with Gasteiger partial charge in [-0.25, -0.2) is 15.0 Å². The van der Waals surface area contributed by atoms with Crippen molar-refractivity contribution in [2.75, 3.05) is 16.0 Å². The number of carbonyl (C=O) groups is 1. The first-order chi connectivity index (χ1) is 10.0. The molecule has 0 bridgehead atoms. The van der Waals surface area contributed by atoms with Crippen LogP contribution >= 0.6 is 11.3 Å². The molecular formula is C13H16N6OS. The Balaban J connectivity index is 1.86. The first-order valence-corrected chi connectivity index (χ1v) is 7.46. The van der Waals surface area contributed by atoms with E-state index in [1.54, 1.807) is 18.3 Å². The fourth-order valence-electron chi connectivity index (χ4n) is 2.08. The van der Waals surface area contributed by atoms with Gasteiger partial charge in [0.25, 0.3) is 0 Å². The minimum atomic E-state index is -0.302. The summed E-state index contributed by atoms with van der Waals surface area (Å²) < 4.78 is 0. The standard InChI is InChI=1S/C13H16N6OS/c1-6-13(20)19-10-11(17-7(2)18-12(10)16-6)15-5-9-4-14-8(3)21-9/h4,6H,5H2,1-3H3,(H,19,20)(H2,15,16,17,18). The van der Waals surface area contributed by atoms with Crippen molar-refractivity contribution >= 4 is 34.6 Å². The highest BCUT2D eigenvalue weighted by Gasteiger charge is 2.25. The Hall–Kier alpha value is -2.22. The summed E-state index contributed by atoms with van der Waals surface area (Å²) in [6.07, 6.45) is 1.84. The van der Waals surface area contributed by atoms with Crippen LogP contribution in [0.25, 0.3) is 0 Å². The zero-order chi connectivity index (χ0) is 15.0. The molecule has 21 heavy (non-hydrogen) atoms. The molecule has 3 N–H and O–H groups in total. The van der Waals surface area contributed by atoms with E-state index in [2.05, 4.69) is 30.9 Å². The lowest BCUT2D eigenvalue weighted by Gasteiger charge is -2.25. The quantitative estimate of drug-likeness (QED) is 0.802. The van der Waals surface area contributed by atoms with E-state index in [0.29, 0.717) is 29.7 Å². The van der Waals surface area contributed by atoms with Crippen molar-refractivity contribution in [2.24, 2.45) is 0 Å². The van der Waals surface area contributed by atoms with E-state index in [0.717, 1.165) is 9.88 Å². The molecule has 1 unspecified atom stereocenters. The predicted molar refractivity (Wildman–Crippen MR) is 82.7 cm³/mol. The third kappa shape index (κ3) is 2.80. The van der Waals surface area contributed by atoms with Crippen LogP contribution in [0.4, 0.5) is 17.3 Å². The fraction of sp³-hybridized carbons (Fsp3) is 0.385. The van der Waals surface area contributed by atoms with Crippen LogP contribution in [-0.4, -0.2) is 26.9 Å². The SMILES string of the molecule is Cc1nc(NCc2cnc(C)s2)c2c(n1)NC(C)C(=O)N2. The van der Waals surface area contributed by atoms with Crippen molar-refractivity contribution in [1.29, 1.82) is 0 Å². The summed E-state index contributed by atoms with van der Waals surface area (Å²) in [4.78, 5) is 25.8. The first kappa shape index (κ1) is 13.7. The molecule has 1 aliphatic rings. The molecule has 0 radical (unpaired) electrons. The minimum absolute atomic E-state index is 0.0911. The van der Waals surface area contributed by atoms with Gasteiger partial charge in [-0.3, -0.25) is 4.79 Å². The number of hydrogen-bond acceptors (Lipinski definition) is 7. The molecule has 1 aliphatic heterocycles. The first-order valence-electron chi connectivity index (χ1n) is 6.64. The Morgan fingerprint density at radius 2 is 2.19 bits per heavy atom. The van der Waals surface area contributed by atoms with Crippen molar-refractivity contribution in [2.45, 2.75) is 33.4 Å². The van der Waals surface area contributed by atoms with Crippen molar-refractivity contribution in [3.8, 4) is 0 Å². The Labute approximate surface area is 126 Å². The second-order valence-corrected chi connectivity index (χ2v) is 6.22. The van der Waals surface area contributed by atoms with E-state index in [1.807, 2.05) is 20.0 Å². The van der Waals surface area contributed by atoms with Crippen LogP contribution in [0.1, 0.15) is 22.6 Å². The van der Waals surface area contributed by atoms with Gasteiger partial charge in [0, 0.05) is 11.1 Å². The van der Waals surface area contributed by atoms with Crippen LogP contribution in [0, 0.1) is 13.8 Å². The molecule has 1 atom stereocenters. The van der Waals surface area contributed by atoms with Gasteiger partial charge in [0.15, 0.2) is 11.6 Å². The Bertz CT molecular complexity index is 698. The summed E-state index contributed by atoms with van der Waals surface area (Å²) in [6.45, 7) is 6.20. The second-order valence-electron chi connectivity index (χ2n) is 4.90. The third-order valence-corrected chi connectivity index (χ3v) is 4.03. The average Bonchev–Trinajstić information content (AvgIpc) is 2.84. The van der Waals surface area contributed by atoms with Crippen LogP contribution in [0.5, 0.6) is 0 Å². The van der Waals surface area contributed by atoms with E-state index in [-0.39, 0.29) is 11.9 Å². The number of nitrogens with zero attached hydrogens (tertiary/aromatic N) is 3. The van der Waals surface area contributed by atoms with Crippen LogP contribution in [0.15, 0.2) is 6.20 Å². The topological polar surface area (TPSA) is 91.8 Å². The van der Waals surface area contributed by atoms with Crippen molar-refractivity contribution in [3.05, 3.63) is 21.9 Å². The molecule has 8 heteroatoms. The second kappa shape index (κ2) is 5.28. The molecule has 2 aromatic rings. The number of anilines is 3. The third-order valence-electron chi connectivity index (χ3n) is 3.11. The van der Waals surface area contributed by atoms with Gasteiger partial charge in [0.05, 0.1) is 11.6 Å². The molecule has 0 fully saturated rings. The zero-order valence-corrected chi connectivity index (χ0v) is 12.8. The van der Waals surface area contributed by atoms with Crippen molar-refractivity contribution < 1.29 is 4.79 Å². The fourth-order valence-corrected chi connectivity index (χ4v) is 2.82. The lowest BCUT2D eigenvalue weighted by atomic mass is 10.2. The van der Waals surface area contributed by atoms with E-state index >= 15 is 0 Å². The number of aryl methyl sites for hydroxylation is 2. The normalized spacial score (nSPS) is 16.9. The number of amides is 1. The number of nitrogens with one attached hydrogen (secondary N) is 3. The van der Waals surface area contributed by atoms with E-state index in [1.165, 1.54) is 0 Å². The molecule has 0 aliphatic carbocycles. The molecule has 3 heterocycles. The molecular weight excluding hydrogens is 288 g/mol. The molecule has 7 nitrogen and oxygen atoms in total. The van der Waals surface area contributed by atoms with Gasteiger partial charge >= 0.3 is 0 Å². The number of fused-ring (bicyclic) bond motifs is 1. The largest absolute Gasteiger partial charge is 0.363 e. The molecule has 0 aromatic carbocycles. The monoisotopic (exact) mass is 304 g/mol. The number of hydrogen-bond donors (Lipinski definition) is 3. The number of aromatic nitrogens is 3. The molecule has 3 rings (SSSR count). The highest BCUT2D eigenvalue weighted by atomic mass is 32.1. The number of thiazole rings is 1. The van der Waals surface area contributed by atoms with Gasteiger partial charge in [-0.15, -0.1) is 11.3 Å². The van der Waals surface area contributed by atoms with E-state index < -0.39 is 0 Å². The van der Waals surface area contributed by atoms with E-state index in [9.17, 15) is 4.79 Å². The predicted octanol–water partition coefficient (Wildman–Crippen LogP) is 1.91. The zero-order valence-electron chi connectivity index (χ0n) is 12.0. The van der Waals surface area contributed by atoms with E-state index in [4.69, 9.17) is 0 Å². The Morgan fingerprint density at radius 1 is 1.38 bits per heavy atom. The van der Waals surface area contributed by atoms with Crippen LogP contribution in [0.2, 0.25) is 0 Å². The molecule has 1 amide bonds. The summed E-state index contributed by atoms with van der Waals surface area (Å²) in [6, 6.07) is -0.302. The highest BCUT2D eigenvalue weighted by molar-refractivity contribution is 7.11. The summed E-state index contributed by atoms with van der Waals surface area (Å²) >= 11 is 1.63. The Kier molecular flexibility index (Phi) is 3.46. The maximum Gasteiger partial charge on any atom is 0.246 e. The number of rotatable bonds is 3. The van der Waals surface area contributed by atoms with Crippen molar-refractivity contribution in [1.82, 2.24) is 15.0 Å². The maximum absolute atomic E-state index is 11.8. The molecule has 2 aromatic heterocycles. The summed E-state index contributed by atoms with van der Waals surface area (Å²) in [5.74, 6) is 1.83. The van der Waals surface area contributed by atoms with Crippen LogP contribution < -0.4 is 16.0 Å². The van der Waals surface area contributed by atoms with Gasteiger partial charge < -0.3 is 16.0 Å². The molecule has 110 valence electrons. The summed E-state index contributed by atoms with van der Waals surface area (Å²) in [7, 11) is 0. The molecule has 0 spiro atoms. The average molecular weight is 304 g/mol. The summed E-state index contributed by atoms with van der Waals surface area (Å²) in [5, 5.41) is 10.2. The van der Waals surface area contributed by atoms with Gasteiger partial charge in [-0.1, -0.05) is 0 Å². The lowest BCUT2D eigenvalue weighted by molar-refractivity contribution is -0.116. The minimum Gasteiger partial charge on any atom is -0.363 e.